The summed E-state index contributed by atoms with van der Waals surface area (Å²) in [6, 6.07) is 20.6. The van der Waals surface area contributed by atoms with Gasteiger partial charge < -0.3 is 17.7 Å². The van der Waals surface area contributed by atoms with Crippen molar-refractivity contribution in [2.75, 3.05) is 11.4 Å². The van der Waals surface area contributed by atoms with Crippen LogP contribution in [0.3, 0.4) is 0 Å². The van der Waals surface area contributed by atoms with Crippen LogP contribution in [-0.2, 0) is 17.5 Å². The third-order valence-corrected chi connectivity index (χ3v) is 5.77. The molecule has 8 heteroatoms. The summed E-state index contributed by atoms with van der Waals surface area (Å²) in [5.41, 5.74) is 1.21. The largest absolute Gasteiger partial charge is 1.00 e. The summed E-state index contributed by atoms with van der Waals surface area (Å²) in [5, 5.41) is 1.86. The molecule has 0 atom stereocenters. The highest BCUT2D eigenvalue weighted by Gasteiger charge is 2.35. The van der Waals surface area contributed by atoms with Gasteiger partial charge in [0, 0.05) is 15.4 Å². The number of alkyl halides is 3. The number of rotatable bonds is 4. The highest BCUT2D eigenvalue weighted by molar-refractivity contribution is 7.99. The first-order valence-corrected chi connectivity index (χ1v) is 9.92. The summed E-state index contributed by atoms with van der Waals surface area (Å²) in [4.78, 5) is 16.0. The van der Waals surface area contributed by atoms with E-state index in [1.54, 1.807) is 12.1 Å². The number of para-hydroxylation sites is 1. The highest BCUT2D eigenvalue weighted by Crippen LogP contribution is 2.49. The van der Waals surface area contributed by atoms with Crippen molar-refractivity contribution >= 4 is 29.0 Å². The highest BCUT2D eigenvalue weighted by atomic mass is 35.5. The minimum atomic E-state index is -4.47. The molecule has 0 bridgehead atoms. The number of amides is 1. The fourth-order valence-corrected chi connectivity index (χ4v) is 4.31. The smallest absolute Gasteiger partial charge is 0.416 e. The second-order valence-electron chi connectivity index (χ2n) is 6.66. The molecule has 0 saturated heterocycles. The van der Waals surface area contributed by atoms with Crippen molar-refractivity contribution < 1.29 is 35.7 Å². The van der Waals surface area contributed by atoms with E-state index in [-0.39, 0.29) is 30.5 Å². The molecule has 0 fully saturated rings. The van der Waals surface area contributed by atoms with E-state index in [9.17, 15) is 18.0 Å². The second kappa shape index (κ2) is 9.12. The molecule has 2 N–H and O–H groups in total. The maximum absolute atomic E-state index is 13.3. The number of halogens is 4. The minimum Gasteiger partial charge on any atom is -1.00 e. The monoisotopic (exact) mass is 450 g/mol. The molecule has 0 unspecified atom stereocenters. The van der Waals surface area contributed by atoms with Gasteiger partial charge in [0.15, 0.2) is 6.54 Å². The lowest BCUT2D eigenvalue weighted by Crippen LogP contribution is -3.00. The van der Waals surface area contributed by atoms with Gasteiger partial charge in [0.2, 0.25) is 0 Å². The van der Waals surface area contributed by atoms with Crippen molar-refractivity contribution in [3.63, 3.8) is 0 Å². The number of nitrogens with zero attached hydrogens (tertiary/aromatic N) is 1. The Kier molecular flexibility index (Phi) is 6.75. The Balaban J connectivity index is 0.00000256. The molecular formula is C22H18ClF3N2OS. The number of fused-ring (bicyclic) bond motifs is 2. The Labute approximate surface area is 182 Å². The fourth-order valence-electron chi connectivity index (χ4n) is 3.27. The first kappa shape index (κ1) is 22.2. The lowest BCUT2D eigenvalue weighted by Gasteiger charge is -2.31. The van der Waals surface area contributed by atoms with Crippen molar-refractivity contribution in [2.24, 2.45) is 0 Å². The van der Waals surface area contributed by atoms with Crippen molar-refractivity contribution in [2.45, 2.75) is 22.5 Å². The van der Waals surface area contributed by atoms with Crippen LogP contribution in [0.4, 0.5) is 24.5 Å². The number of anilines is 2. The molecule has 1 aliphatic heterocycles. The molecule has 0 aliphatic carbocycles. The Morgan fingerprint density at radius 2 is 1.57 bits per heavy atom. The van der Waals surface area contributed by atoms with E-state index in [1.165, 1.54) is 22.7 Å². The van der Waals surface area contributed by atoms with Crippen LogP contribution >= 0.6 is 11.8 Å². The van der Waals surface area contributed by atoms with Crippen LogP contribution in [0.1, 0.15) is 11.1 Å². The molecule has 0 spiro atoms. The summed E-state index contributed by atoms with van der Waals surface area (Å²) >= 11 is 1.37. The number of hydrogen-bond acceptors (Lipinski definition) is 2. The van der Waals surface area contributed by atoms with Crippen LogP contribution in [0.2, 0.25) is 0 Å². The molecule has 3 aromatic carbocycles. The molecule has 4 rings (SSSR count). The minimum absolute atomic E-state index is 0. The van der Waals surface area contributed by atoms with Gasteiger partial charge >= 0.3 is 6.18 Å². The van der Waals surface area contributed by atoms with E-state index in [2.05, 4.69) is 0 Å². The SMILES string of the molecule is O=C(C[NH2+]Cc1ccccc1)N1c2ccccc2Sc2ccc(C(F)(F)F)cc21.[Cl-]. The van der Waals surface area contributed by atoms with Gasteiger partial charge in [0.05, 0.1) is 16.9 Å². The predicted octanol–water partition coefficient (Wildman–Crippen LogP) is 1.60. The standard InChI is InChI=1S/C22H17F3N2OS.ClH/c23-22(24,25)16-10-11-20-18(12-16)27(17-8-4-5-9-19(17)29-20)21(28)14-26-13-15-6-2-1-3-7-15;/h1-12,26H,13-14H2;1H. The molecule has 0 aromatic heterocycles. The van der Waals surface area contributed by atoms with Gasteiger partial charge in [-0.2, -0.15) is 13.2 Å². The van der Waals surface area contributed by atoms with Gasteiger partial charge in [-0.15, -0.1) is 0 Å². The molecule has 1 aliphatic rings. The number of nitrogens with two attached hydrogens (primary N) is 1. The lowest BCUT2D eigenvalue weighted by molar-refractivity contribution is -0.659. The summed E-state index contributed by atoms with van der Waals surface area (Å²) in [6.45, 7) is 0.746. The average Bonchev–Trinajstić information content (AvgIpc) is 2.71. The van der Waals surface area contributed by atoms with Crippen LogP contribution < -0.4 is 22.6 Å². The average molecular weight is 451 g/mol. The molecule has 0 radical (unpaired) electrons. The first-order valence-electron chi connectivity index (χ1n) is 9.10. The Bertz CT molecular complexity index is 1040. The quantitative estimate of drug-likeness (QED) is 0.655. The van der Waals surface area contributed by atoms with E-state index < -0.39 is 11.7 Å². The molecule has 30 heavy (non-hydrogen) atoms. The Hall–Kier alpha value is -2.48. The third-order valence-electron chi connectivity index (χ3n) is 4.64. The molecule has 3 aromatic rings. The van der Waals surface area contributed by atoms with Gasteiger partial charge in [0.1, 0.15) is 6.54 Å². The number of benzene rings is 3. The zero-order valence-corrected chi connectivity index (χ0v) is 17.3. The van der Waals surface area contributed by atoms with Crippen LogP contribution in [0.15, 0.2) is 82.6 Å². The summed E-state index contributed by atoms with van der Waals surface area (Å²) in [5.74, 6) is -0.255. The Morgan fingerprint density at radius 1 is 0.900 bits per heavy atom. The van der Waals surface area contributed by atoms with E-state index in [1.807, 2.05) is 47.8 Å². The van der Waals surface area contributed by atoms with Crippen LogP contribution in [-0.4, -0.2) is 12.5 Å². The van der Waals surface area contributed by atoms with Crippen molar-refractivity contribution in [3.05, 3.63) is 83.9 Å². The van der Waals surface area contributed by atoms with Crippen LogP contribution in [0.5, 0.6) is 0 Å². The first-order chi connectivity index (χ1) is 13.9. The maximum Gasteiger partial charge on any atom is 0.416 e. The topological polar surface area (TPSA) is 36.9 Å². The second-order valence-corrected chi connectivity index (χ2v) is 7.75. The van der Waals surface area contributed by atoms with Crippen molar-refractivity contribution in [1.29, 1.82) is 0 Å². The number of hydrogen-bond donors (Lipinski definition) is 1. The normalized spacial score (nSPS) is 12.6. The lowest BCUT2D eigenvalue weighted by atomic mass is 10.1. The van der Waals surface area contributed by atoms with E-state index in [0.29, 0.717) is 17.1 Å². The van der Waals surface area contributed by atoms with E-state index in [4.69, 9.17) is 0 Å². The zero-order valence-electron chi connectivity index (χ0n) is 15.7. The van der Waals surface area contributed by atoms with Crippen LogP contribution in [0.25, 0.3) is 0 Å². The predicted molar refractivity (Wildman–Crippen MR) is 106 cm³/mol. The van der Waals surface area contributed by atoms with Gasteiger partial charge in [-0.3, -0.25) is 9.69 Å². The van der Waals surface area contributed by atoms with Crippen molar-refractivity contribution in [3.8, 4) is 0 Å². The summed E-state index contributed by atoms with van der Waals surface area (Å²) < 4.78 is 39.8. The van der Waals surface area contributed by atoms with Gasteiger partial charge in [0.25, 0.3) is 5.91 Å². The maximum atomic E-state index is 13.3. The molecule has 156 valence electrons. The summed E-state index contributed by atoms with van der Waals surface area (Å²) in [7, 11) is 0. The van der Waals surface area contributed by atoms with E-state index >= 15 is 0 Å². The van der Waals surface area contributed by atoms with Gasteiger partial charge in [-0.05, 0) is 30.3 Å². The number of quaternary nitrogens is 1. The zero-order chi connectivity index (χ0) is 20.4. The van der Waals surface area contributed by atoms with Crippen LogP contribution in [0, 0.1) is 0 Å². The fraction of sp³-hybridized carbons (Fsp3) is 0.136. The molecular weight excluding hydrogens is 433 g/mol. The Morgan fingerprint density at radius 3 is 2.30 bits per heavy atom. The van der Waals surface area contributed by atoms with E-state index in [0.717, 1.165) is 22.6 Å². The third kappa shape index (κ3) is 4.64. The van der Waals surface area contributed by atoms with Gasteiger partial charge in [-0.25, -0.2) is 0 Å². The van der Waals surface area contributed by atoms with Crippen molar-refractivity contribution in [1.82, 2.24) is 0 Å². The molecule has 0 saturated carbocycles. The van der Waals surface area contributed by atoms with Gasteiger partial charge in [-0.1, -0.05) is 54.2 Å². The number of carbonyl (C=O) groups is 1. The molecule has 1 amide bonds. The summed E-state index contributed by atoms with van der Waals surface area (Å²) in [6.07, 6.45) is -4.47. The molecule has 3 nitrogen and oxygen atoms in total. The number of carbonyl (C=O) groups excluding carboxylic acids is 1. The molecule has 1 heterocycles.